The Morgan fingerprint density at radius 3 is 2.10 bits per heavy atom. The number of hydrogen-bond acceptors (Lipinski definition) is 2. The van der Waals surface area contributed by atoms with Crippen LogP contribution in [0.2, 0.25) is 0 Å². The van der Waals surface area contributed by atoms with Gasteiger partial charge < -0.3 is 5.73 Å². The molecule has 3 heteroatoms. The Hall–Kier alpha value is -1.45. The molecular formula is C18H23NOS. The first kappa shape index (κ1) is 15.9. The fourth-order valence-electron chi connectivity index (χ4n) is 2.59. The molecule has 2 N–H and O–H groups in total. The van der Waals surface area contributed by atoms with Crippen molar-refractivity contribution in [2.75, 3.05) is 0 Å². The molecule has 0 fully saturated rings. The molecule has 3 unspecified atom stereocenters. The minimum atomic E-state index is -1.12. The van der Waals surface area contributed by atoms with Crippen molar-refractivity contribution < 1.29 is 4.21 Å². The minimum absolute atomic E-state index is 0.103. The second kappa shape index (κ2) is 7.01. The maximum absolute atomic E-state index is 13.1. The summed E-state index contributed by atoms with van der Waals surface area (Å²) >= 11 is 0. The van der Waals surface area contributed by atoms with Crippen LogP contribution in [0.25, 0.3) is 0 Å². The van der Waals surface area contributed by atoms with Crippen molar-refractivity contribution in [3.8, 4) is 0 Å². The normalized spacial score (nSPS) is 15.7. The first-order valence-electron chi connectivity index (χ1n) is 7.29. The number of aryl methyl sites for hydroxylation is 1. The highest BCUT2D eigenvalue weighted by atomic mass is 32.2. The van der Waals surface area contributed by atoms with Gasteiger partial charge in [-0.2, -0.15) is 0 Å². The third-order valence-electron chi connectivity index (χ3n) is 3.75. The van der Waals surface area contributed by atoms with Crippen LogP contribution in [0, 0.1) is 12.8 Å². The molecule has 0 radical (unpaired) electrons. The molecule has 0 aromatic heterocycles. The fraction of sp³-hybridized carbons (Fsp3) is 0.333. The lowest BCUT2D eigenvalue weighted by Gasteiger charge is -2.27. The zero-order chi connectivity index (χ0) is 15.4. The van der Waals surface area contributed by atoms with Crippen LogP contribution in [0.15, 0.2) is 59.5 Å². The molecule has 0 aliphatic heterocycles. The first-order valence-corrected chi connectivity index (χ1v) is 8.50. The number of nitrogens with two attached hydrogens (primary N) is 1. The van der Waals surface area contributed by atoms with Crippen LogP contribution in [-0.2, 0) is 10.8 Å². The Morgan fingerprint density at radius 2 is 1.52 bits per heavy atom. The summed E-state index contributed by atoms with van der Waals surface area (Å²) < 4.78 is 13.1. The predicted octanol–water partition coefficient (Wildman–Crippen LogP) is 3.83. The number of hydrogen-bond donors (Lipinski definition) is 1. The predicted molar refractivity (Wildman–Crippen MR) is 89.6 cm³/mol. The van der Waals surface area contributed by atoms with E-state index in [4.69, 9.17) is 5.73 Å². The molecule has 0 amide bonds. The summed E-state index contributed by atoms with van der Waals surface area (Å²) in [6.07, 6.45) is 0. The molecule has 21 heavy (non-hydrogen) atoms. The molecule has 2 rings (SSSR count). The molecular weight excluding hydrogens is 278 g/mol. The first-order chi connectivity index (χ1) is 10.0. The van der Waals surface area contributed by atoms with Gasteiger partial charge in [-0.3, -0.25) is 4.21 Å². The monoisotopic (exact) mass is 301 g/mol. The highest BCUT2D eigenvalue weighted by molar-refractivity contribution is 7.85. The molecule has 0 aliphatic rings. The summed E-state index contributed by atoms with van der Waals surface area (Å²) in [5, 5.41) is -0.103. The summed E-state index contributed by atoms with van der Waals surface area (Å²) in [7, 11) is -1.12. The number of benzene rings is 2. The fourth-order valence-corrected chi connectivity index (χ4v) is 4.40. The van der Waals surface area contributed by atoms with Crippen molar-refractivity contribution in [1.82, 2.24) is 0 Å². The zero-order valence-corrected chi connectivity index (χ0v) is 13.6. The largest absolute Gasteiger partial charge is 0.323 e. The van der Waals surface area contributed by atoms with Gasteiger partial charge in [-0.05, 0) is 30.0 Å². The van der Waals surface area contributed by atoms with Gasteiger partial charge in [-0.1, -0.05) is 62.4 Å². The van der Waals surface area contributed by atoms with E-state index in [1.54, 1.807) is 0 Å². The SMILES string of the molecule is Cc1ccccc1S(=O)C(C(C)C)C(N)c1ccccc1. The van der Waals surface area contributed by atoms with E-state index in [9.17, 15) is 4.21 Å². The average Bonchev–Trinajstić information content (AvgIpc) is 2.48. The van der Waals surface area contributed by atoms with E-state index in [1.165, 1.54) is 0 Å². The molecule has 2 nitrogen and oxygen atoms in total. The average molecular weight is 301 g/mol. The van der Waals surface area contributed by atoms with Crippen molar-refractivity contribution in [3.63, 3.8) is 0 Å². The third kappa shape index (κ3) is 3.60. The maximum atomic E-state index is 13.1. The van der Waals surface area contributed by atoms with Crippen molar-refractivity contribution in [2.24, 2.45) is 11.7 Å². The van der Waals surface area contributed by atoms with Crippen LogP contribution >= 0.6 is 0 Å². The van der Waals surface area contributed by atoms with Crippen molar-refractivity contribution in [1.29, 1.82) is 0 Å². The van der Waals surface area contributed by atoms with Gasteiger partial charge in [0.1, 0.15) is 0 Å². The molecule has 0 saturated carbocycles. The summed E-state index contributed by atoms with van der Waals surface area (Å²) in [5.41, 5.74) is 8.53. The summed E-state index contributed by atoms with van der Waals surface area (Å²) in [6, 6.07) is 17.6. The van der Waals surface area contributed by atoms with Crippen molar-refractivity contribution in [2.45, 2.75) is 37.0 Å². The van der Waals surface area contributed by atoms with E-state index in [-0.39, 0.29) is 17.2 Å². The second-order valence-corrected chi connectivity index (χ2v) is 7.29. The molecule has 0 bridgehead atoms. The van der Waals surface area contributed by atoms with Gasteiger partial charge in [0, 0.05) is 10.9 Å². The van der Waals surface area contributed by atoms with E-state index in [2.05, 4.69) is 13.8 Å². The summed E-state index contributed by atoms with van der Waals surface area (Å²) in [4.78, 5) is 0.891. The van der Waals surface area contributed by atoms with E-state index < -0.39 is 10.8 Å². The van der Waals surface area contributed by atoms with Gasteiger partial charge in [0.05, 0.1) is 16.0 Å². The zero-order valence-electron chi connectivity index (χ0n) is 12.8. The van der Waals surface area contributed by atoms with Gasteiger partial charge in [-0.15, -0.1) is 0 Å². The Labute approximate surface area is 129 Å². The van der Waals surface area contributed by atoms with Crippen LogP contribution in [0.1, 0.15) is 31.0 Å². The molecule has 2 aromatic rings. The van der Waals surface area contributed by atoms with Gasteiger partial charge in [0.2, 0.25) is 0 Å². The Kier molecular flexibility index (Phi) is 5.32. The summed E-state index contributed by atoms with van der Waals surface area (Å²) in [5.74, 6) is 0.237. The maximum Gasteiger partial charge on any atom is 0.0610 e. The molecule has 0 heterocycles. The van der Waals surface area contributed by atoms with Crippen molar-refractivity contribution >= 4 is 10.8 Å². The molecule has 2 aromatic carbocycles. The quantitative estimate of drug-likeness (QED) is 0.912. The minimum Gasteiger partial charge on any atom is -0.323 e. The molecule has 112 valence electrons. The highest BCUT2D eigenvalue weighted by Crippen LogP contribution is 2.29. The molecule has 0 spiro atoms. The van der Waals surface area contributed by atoms with Gasteiger partial charge >= 0.3 is 0 Å². The van der Waals surface area contributed by atoms with Gasteiger partial charge in [0.15, 0.2) is 0 Å². The Bertz CT molecular complexity index is 610. The Balaban J connectivity index is 2.36. The molecule has 0 aliphatic carbocycles. The smallest absolute Gasteiger partial charge is 0.0610 e. The second-order valence-electron chi connectivity index (χ2n) is 5.71. The van der Waals surface area contributed by atoms with Crippen molar-refractivity contribution in [3.05, 3.63) is 65.7 Å². The van der Waals surface area contributed by atoms with Crippen LogP contribution in [-0.4, -0.2) is 9.46 Å². The lowest BCUT2D eigenvalue weighted by atomic mass is 9.97. The third-order valence-corrected chi connectivity index (χ3v) is 5.98. The van der Waals surface area contributed by atoms with Crippen LogP contribution < -0.4 is 5.73 Å². The lowest BCUT2D eigenvalue weighted by molar-refractivity contribution is 0.510. The van der Waals surface area contributed by atoms with Crippen LogP contribution in [0.3, 0.4) is 0 Å². The van der Waals surface area contributed by atoms with Crippen LogP contribution in [0.4, 0.5) is 0 Å². The Morgan fingerprint density at radius 1 is 0.952 bits per heavy atom. The van der Waals surface area contributed by atoms with E-state index >= 15 is 0 Å². The molecule has 3 atom stereocenters. The van der Waals surface area contributed by atoms with Gasteiger partial charge in [-0.25, -0.2) is 0 Å². The van der Waals surface area contributed by atoms with E-state index in [1.807, 2.05) is 61.5 Å². The highest BCUT2D eigenvalue weighted by Gasteiger charge is 2.30. The van der Waals surface area contributed by atoms with E-state index in [0.29, 0.717) is 0 Å². The van der Waals surface area contributed by atoms with E-state index in [0.717, 1.165) is 16.0 Å². The molecule has 0 saturated heterocycles. The summed E-state index contributed by atoms with van der Waals surface area (Å²) in [6.45, 7) is 6.17. The topological polar surface area (TPSA) is 43.1 Å². The van der Waals surface area contributed by atoms with Gasteiger partial charge in [0.25, 0.3) is 0 Å². The van der Waals surface area contributed by atoms with Crippen LogP contribution in [0.5, 0.6) is 0 Å². The lowest BCUT2D eigenvalue weighted by Crippen LogP contribution is -2.35. The standard InChI is InChI=1S/C18H23NOS/c1-13(2)18(17(19)15-10-5-4-6-11-15)21(20)16-12-8-7-9-14(16)3/h4-13,17-18H,19H2,1-3H3. The number of rotatable bonds is 5.